The van der Waals surface area contributed by atoms with E-state index in [4.69, 9.17) is 22.1 Å². The van der Waals surface area contributed by atoms with Crippen molar-refractivity contribution < 1.29 is 4.74 Å². The molecule has 2 N–H and O–H groups in total. The Hall–Kier alpha value is -1.03. The van der Waals surface area contributed by atoms with E-state index in [-0.39, 0.29) is 0 Å². The molecule has 19 heavy (non-hydrogen) atoms. The molecule has 0 heterocycles. The normalized spacial score (nSPS) is 10.5. The molecule has 0 saturated carbocycles. The standard InChI is InChI=1S/C15H15BrClNO/c1-10-2-5-15(14(17)8-10)19-12-4-3-11(6-7-18)13(16)9-12/h2-5,8-9H,6-7,18H2,1H3. The van der Waals surface area contributed by atoms with E-state index in [1.807, 2.05) is 43.3 Å². The van der Waals surface area contributed by atoms with Crippen molar-refractivity contribution in [3.05, 3.63) is 57.0 Å². The van der Waals surface area contributed by atoms with Crippen molar-refractivity contribution in [2.45, 2.75) is 13.3 Å². The van der Waals surface area contributed by atoms with Gasteiger partial charge >= 0.3 is 0 Å². The van der Waals surface area contributed by atoms with Crippen LogP contribution in [0.4, 0.5) is 0 Å². The van der Waals surface area contributed by atoms with Crippen molar-refractivity contribution in [1.82, 2.24) is 0 Å². The van der Waals surface area contributed by atoms with Crippen molar-refractivity contribution in [3.63, 3.8) is 0 Å². The molecule has 0 aliphatic rings. The summed E-state index contributed by atoms with van der Waals surface area (Å²) >= 11 is 9.67. The molecule has 2 aromatic rings. The highest BCUT2D eigenvalue weighted by molar-refractivity contribution is 9.10. The van der Waals surface area contributed by atoms with Crippen LogP contribution in [0.3, 0.4) is 0 Å². The first-order valence-corrected chi connectivity index (χ1v) is 7.20. The molecule has 2 rings (SSSR count). The van der Waals surface area contributed by atoms with Gasteiger partial charge in [0.1, 0.15) is 11.5 Å². The van der Waals surface area contributed by atoms with E-state index in [0.717, 1.165) is 22.2 Å². The van der Waals surface area contributed by atoms with Crippen molar-refractivity contribution >= 4 is 27.5 Å². The van der Waals surface area contributed by atoms with Crippen LogP contribution in [0.2, 0.25) is 5.02 Å². The Morgan fingerprint density at radius 3 is 2.63 bits per heavy atom. The first-order valence-electron chi connectivity index (χ1n) is 6.02. The molecule has 0 spiro atoms. The van der Waals surface area contributed by atoms with Crippen LogP contribution in [0.5, 0.6) is 11.5 Å². The molecule has 0 aliphatic carbocycles. The zero-order chi connectivity index (χ0) is 13.8. The van der Waals surface area contributed by atoms with Gasteiger partial charge in [-0.15, -0.1) is 0 Å². The number of halogens is 2. The third kappa shape index (κ3) is 3.72. The Morgan fingerprint density at radius 1 is 1.21 bits per heavy atom. The number of hydrogen-bond donors (Lipinski definition) is 1. The average Bonchev–Trinajstić information content (AvgIpc) is 2.36. The Balaban J connectivity index is 2.21. The van der Waals surface area contributed by atoms with Crippen molar-refractivity contribution in [3.8, 4) is 11.5 Å². The van der Waals surface area contributed by atoms with Crippen LogP contribution in [0.25, 0.3) is 0 Å². The molecule has 4 heteroatoms. The lowest BCUT2D eigenvalue weighted by Crippen LogP contribution is -2.03. The van der Waals surface area contributed by atoms with Crippen LogP contribution in [0.15, 0.2) is 40.9 Å². The minimum Gasteiger partial charge on any atom is -0.456 e. The number of benzene rings is 2. The molecule has 0 fully saturated rings. The molecule has 100 valence electrons. The predicted molar refractivity (Wildman–Crippen MR) is 83.2 cm³/mol. The zero-order valence-corrected chi connectivity index (χ0v) is 13.0. The van der Waals surface area contributed by atoms with Crippen molar-refractivity contribution in [1.29, 1.82) is 0 Å². The highest BCUT2D eigenvalue weighted by Gasteiger charge is 2.06. The van der Waals surface area contributed by atoms with Crippen LogP contribution in [-0.4, -0.2) is 6.54 Å². The van der Waals surface area contributed by atoms with E-state index in [1.54, 1.807) is 0 Å². The maximum absolute atomic E-state index is 6.15. The number of aryl methyl sites for hydroxylation is 1. The summed E-state index contributed by atoms with van der Waals surface area (Å²) in [6.07, 6.45) is 0.839. The first kappa shape index (κ1) is 14.4. The minimum atomic E-state index is 0.613. The van der Waals surface area contributed by atoms with Gasteiger partial charge in [0.05, 0.1) is 5.02 Å². The topological polar surface area (TPSA) is 35.2 Å². The summed E-state index contributed by atoms with van der Waals surface area (Å²) in [5, 5.41) is 0.613. The van der Waals surface area contributed by atoms with Crippen molar-refractivity contribution in [2.24, 2.45) is 5.73 Å². The van der Waals surface area contributed by atoms with Gasteiger partial charge in [0.2, 0.25) is 0 Å². The Bertz CT molecular complexity index is 586. The van der Waals surface area contributed by atoms with Gasteiger partial charge in [-0.2, -0.15) is 0 Å². The molecular formula is C15H15BrClNO. The summed E-state index contributed by atoms with van der Waals surface area (Å²) in [4.78, 5) is 0. The van der Waals surface area contributed by atoms with Gasteiger partial charge in [0.25, 0.3) is 0 Å². The van der Waals surface area contributed by atoms with E-state index in [9.17, 15) is 0 Å². The summed E-state index contributed by atoms with van der Waals surface area (Å²) in [5.41, 5.74) is 7.83. The largest absolute Gasteiger partial charge is 0.456 e. The van der Waals surface area contributed by atoms with E-state index in [2.05, 4.69) is 15.9 Å². The summed E-state index contributed by atoms with van der Waals surface area (Å²) in [7, 11) is 0. The molecule has 0 saturated heterocycles. The smallest absolute Gasteiger partial charge is 0.146 e. The van der Waals surface area contributed by atoms with Gasteiger partial charge in [-0.05, 0) is 55.3 Å². The maximum atomic E-state index is 6.15. The highest BCUT2D eigenvalue weighted by Crippen LogP contribution is 2.32. The fourth-order valence-corrected chi connectivity index (χ4v) is 2.60. The third-order valence-corrected chi connectivity index (χ3v) is 3.79. The fourth-order valence-electron chi connectivity index (χ4n) is 1.77. The summed E-state index contributed by atoms with van der Waals surface area (Å²) in [6.45, 7) is 2.62. The minimum absolute atomic E-state index is 0.613. The number of nitrogens with two attached hydrogens (primary N) is 1. The lowest BCUT2D eigenvalue weighted by Gasteiger charge is -2.10. The maximum Gasteiger partial charge on any atom is 0.146 e. The molecule has 0 aromatic heterocycles. The van der Waals surface area contributed by atoms with Gasteiger partial charge in [-0.25, -0.2) is 0 Å². The Morgan fingerprint density at radius 2 is 2.00 bits per heavy atom. The third-order valence-electron chi connectivity index (χ3n) is 2.75. The molecule has 0 amide bonds. The number of rotatable bonds is 4. The van der Waals surface area contributed by atoms with E-state index in [1.165, 1.54) is 5.56 Å². The Labute approximate surface area is 126 Å². The average molecular weight is 341 g/mol. The second-order valence-corrected chi connectivity index (χ2v) is 5.59. The van der Waals surface area contributed by atoms with Gasteiger partial charge in [-0.1, -0.05) is 39.7 Å². The molecule has 0 bridgehead atoms. The van der Waals surface area contributed by atoms with Crippen LogP contribution in [0.1, 0.15) is 11.1 Å². The molecule has 0 atom stereocenters. The quantitative estimate of drug-likeness (QED) is 0.875. The van der Waals surface area contributed by atoms with E-state index in [0.29, 0.717) is 17.3 Å². The monoisotopic (exact) mass is 339 g/mol. The van der Waals surface area contributed by atoms with Crippen LogP contribution in [-0.2, 0) is 6.42 Å². The number of hydrogen-bond acceptors (Lipinski definition) is 2. The van der Waals surface area contributed by atoms with Gasteiger partial charge in [0.15, 0.2) is 0 Å². The Kier molecular flexibility index (Phi) is 4.86. The molecule has 0 radical (unpaired) electrons. The molecule has 0 unspecified atom stereocenters. The fraction of sp³-hybridized carbons (Fsp3) is 0.200. The SMILES string of the molecule is Cc1ccc(Oc2ccc(CCN)c(Br)c2)c(Cl)c1. The first-order chi connectivity index (χ1) is 9.10. The van der Waals surface area contributed by atoms with Crippen LogP contribution in [0, 0.1) is 6.92 Å². The second-order valence-electron chi connectivity index (χ2n) is 4.33. The van der Waals surface area contributed by atoms with Gasteiger partial charge < -0.3 is 10.5 Å². The van der Waals surface area contributed by atoms with Gasteiger partial charge in [0, 0.05) is 4.47 Å². The van der Waals surface area contributed by atoms with E-state index >= 15 is 0 Å². The lowest BCUT2D eigenvalue weighted by molar-refractivity contribution is 0.482. The molecular weight excluding hydrogens is 326 g/mol. The van der Waals surface area contributed by atoms with E-state index < -0.39 is 0 Å². The summed E-state index contributed by atoms with van der Waals surface area (Å²) in [6, 6.07) is 11.6. The second kappa shape index (κ2) is 6.42. The molecule has 0 aliphatic heterocycles. The van der Waals surface area contributed by atoms with Gasteiger partial charge in [-0.3, -0.25) is 0 Å². The highest BCUT2D eigenvalue weighted by atomic mass is 79.9. The predicted octanol–water partition coefficient (Wildman–Crippen LogP) is 4.70. The number of ether oxygens (including phenoxy) is 1. The molecule has 2 aromatic carbocycles. The van der Waals surface area contributed by atoms with Crippen molar-refractivity contribution in [2.75, 3.05) is 6.54 Å². The lowest BCUT2D eigenvalue weighted by atomic mass is 10.1. The van der Waals surface area contributed by atoms with Crippen LogP contribution < -0.4 is 10.5 Å². The van der Waals surface area contributed by atoms with Crippen LogP contribution >= 0.6 is 27.5 Å². The molecule has 2 nitrogen and oxygen atoms in total. The summed E-state index contributed by atoms with van der Waals surface area (Å²) < 4.78 is 6.78. The summed E-state index contributed by atoms with van der Waals surface area (Å²) in [5.74, 6) is 1.41. The zero-order valence-electron chi connectivity index (χ0n) is 10.6.